The van der Waals surface area contributed by atoms with Gasteiger partial charge in [-0.3, -0.25) is 0 Å². The molecule has 0 aromatic heterocycles. The molecular weight excluding hydrogens is 261 g/mol. The number of hydrogen-bond acceptors (Lipinski definition) is 1. The number of fused-ring (bicyclic) bond motifs is 1. The van der Waals surface area contributed by atoms with E-state index in [2.05, 4.69) is 36.1 Å². The van der Waals surface area contributed by atoms with Crippen LogP contribution >= 0.6 is 11.6 Å². The second-order valence-corrected chi connectivity index (χ2v) is 5.45. The predicted octanol–water partition coefficient (Wildman–Crippen LogP) is 4.43. The molecule has 0 fully saturated rings. The van der Waals surface area contributed by atoms with Crippen LogP contribution in [0, 0.1) is 5.82 Å². The molecule has 2 aromatic rings. The van der Waals surface area contributed by atoms with Crippen molar-refractivity contribution >= 4 is 17.3 Å². The lowest BCUT2D eigenvalue weighted by molar-refractivity contribution is 0.625. The van der Waals surface area contributed by atoms with Gasteiger partial charge in [0.25, 0.3) is 0 Å². The maximum Gasteiger partial charge on any atom is 0.124 e. The first kappa shape index (κ1) is 12.5. The molecule has 0 saturated heterocycles. The molecule has 0 amide bonds. The average molecular weight is 276 g/mol. The Morgan fingerprint density at radius 3 is 2.84 bits per heavy atom. The van der Waals surface area contributed by atoms with E-state index in [-0.39, 0.29) is 5.82 Å². The number of nitrogens with zero attached hydrogens (tertiary/aromatic N) is 1. The molecule has 0 spiro atoms. The molecule has 0 N–H and O–H groups in total. The molecule has 0 unspecified atom stereocenters. The summed E-state index contributed by atoms with van der Waals surface area (Å²) in [6, 6.07) is 13.5. The van der Waals surface area contributed by atoms with Gasteiger partial charge in [-0.25, -0.2) is 4.39 Å². The lowest BCUT2D eigenvalue weighted by Gasteiger charge is -2.25. The predicted molar refractivity (Wildman–Crippen MR) is 77.2 cm³/mol. The third-order valence-corrected chi connectivity index (χ3v) is 4.06. The third kappa shape index (κ3) is 2.33. The molecule has 3 heteroatoms. The van der Waals surface area contributed by atoms with Gasteiger partial charge in [-0.05, 0) is 42.7 Å². The van der Waals surface area contributed by atoms with Crippen molar-refractivity contribution < 1.29 is 4.39 Å². The van der Waals surface area contributed by atoms with Crippen LogP contribution in [0.25, 0.3) is 0 Å². The normalized spacial score (nSPS) is 17.6. The van der Waals surface area contributed by atoms with E-state index < -0.39 is 0 Å². The standard InChI is InChI=1S/C16H15ClFN/c1-11-8-12-4-2-3-5-16(12)19(11)10-13-6-7-14(18)9-15(13)17/h2-7,9,11H,8,10H2,1H3/t11-/m0/s1. The minimum Gasteiger partial charge on any atom is -0.364 e. The molecule has 2 aromatic carbocycles. The van der Waals surface area contributed by atoms with Crippen molar-refractivity contribution in [1.29, 1.82) is 0 Å². The SMILES string of the molecule is C[C@H]1Cc2ccccc2N1Cc1ccc(F)cc1Cl. The topological polar surface area (TPSA) is 3.24 Å². The third-order valence-electron chi connectivity index (χ3n) is 3.70. The Bertz CT molecular complexity index is 611. The first-order chi connectivity index (χ1) is 9.15. The van der Waals surface area contributed by atoms with E-state index in [0.717, 1.165) is 18.5 Å². The summed E-state index contributed by atoms with van der Waals surface area (Å²) in [6.45, 7) is 2.93. The van der Waals surface area contributed by atoms with Crippen LogP contribution < -0.4 is 4.90 Å². The zero-order valence-corrected chi connectivity index (χ0v) is 11.5. The quantitative estimate of drug-likeness (QED) is 0.784. The fraction of sp³-hybridized carbons (Fsp3) is 0.250. The van der Waals surface area contributed by atoms with E-state index in [1.165, 1.54) is 23.4 Å². The number of benzene rings is 2. The summed E-state index contributed by atoms with van der Waals surface area (Å²) in [5.74, 6) is -0.288. The highest BCUT2D eigenvalue weighted by Gasteiger charge is 2.25. The van der Waals surface area contributed by atoms with Crippen LogP contribution in [0.5, 0.6) is 0 Å². The Balaban J connectivity index is 1.91. The summed E-state index contributed by atoms with van der Waals surface area (Å²) in [7, 11) is 0. The van der Waals surface area contributed by atoms with E-state index >= 15 is 0 Å². The lowest BCUT2D eigenvalue weighted by Crippen LogP contribution is -2.28. The highest BCUT2D eigenvalue weighted by atomic mass is 35.5. The summed E-state index contributed by atoms with van der Waals surface area (Å²) in [6.07, 6.45) is 1.05. The highest BCUT2D eigenvalue weighted by Crippen LogP contribution is 2.34. The van der Waals surface area contributed by atoms with E-state index in [0.29, 0.717) is 11.1 Å². The summed E-state index contributed by atoms with van der Waals surface area (Å²) >= 11 is 6.12. The van der Waals surface area contributed by atoms with Crippen molar-refractivity contribution in [3.05, 3.63) is 64.4 Å². The van der Waals surface area contributed by atoms with Gasteiger partial charge in [0.15, 0.2) is 0 Å². The molecule has 3 rings (SSSR count). The van der Waals surface area contributed by atoms with Gasteiger partial charge < -0.3 is 4.90 Å². The molecule has 0 bridgehead atoms. The lowest BCUT2D eigenvalue weighted by atomic mass is 10.1. The van der Waals surface area contributed by atoms with E-state index in [1.54, 1.807) is 6.07 Å². The van der Waals surface area contributed by atoms with Crippen LogP contribution in [-0.2, 0) is 13.0 Å². The van der Waals surface area contributed by atoms with E-state index in [1.807, 2.05) is 0 Å². The number of halogens is 2. The van der Waals surface area contributed by atoms with Gasteiger partial charge in [-0.15, -0.1) is 0 Å². The Morgan fingerprint density at radius 1 is 1.26 bits per heavy atom. The number of para-hydroxylation sites is 1. The minimum absolute atomic E-state index is 0.288. The first-order valence-corrected chi connectivity index (χ1v) is 6.81. The van der Waals surface area contributed by atoms with E-state index in [4.69, 9.17) is 11.6 Å². The molecular formula is C16H15ClFN. The van der Waals surface area contributed by atoms with Gasteiger partial charge >= 0.3 is 0 Å². The number of rotatable bonds is 2. The largest absolute Gasteiger partial charge is 0.364 e. The Labute approximate surface area is 117 Å². The highest BCUT2D eigenvalue weighted by molar-refractivity contribution is 6.31. The van der Waals surface area contributed by atoms with Crippen molar-refractivity contribution in [1.82, 2.24) is 0 Å². The van der Waals surface area contributed by atoms with Gasteiger partial charge in [-0.2, -0.15) is 0 Å². The summed E-state index contributed by atoms with van der Waals surface area (Å²) in [4.78, 5) is 2.33. The van der Waals surface area contributed by atoms with Crippen molar-refractivity contribution in [2.24, 2.45) is 0 Å². The Hall–Kier alpha value is -1.54. The smallest absolute Gasteiger partial charge is 0.124 e. The average Bonchev–Trinajstić information content (AvgIpc) is 2.69. The molecule has 0 saturated carbocycles. The molecule has 1 nitrogen and oxygen atoms in total. The maximum absolute atomic E-state index is 13.1. The molecule has 1 aliphatic rings. The Kier molecular flexibility index (Phi) is 3.19. The van der Waals surface area contributed by atoms with Crippen LogP contribution in [0.15, 0.2) is 42.5 Å². The van der Waals surface area contributed by atoms with Crippen LogP contribution in [0.3, 0.4) is 0 Å². The zero-order chi connectivity index (χ0) is 13.4. The van der Waals surface area contributed by atoms with Gasteiger partial charge in [0.2, 0.25) is 0 Å². The molecule has 98 valence electrons. The molecule has 1 aliphatic heterocycles. The van der Waals surface area contributed by atoms with Gasteiger partial charge in [0.1, 0.15) is 5.82 Å². The second kappa shape index (κ2) is 4.86. The summed E-state index contributed by atoms with van der Waals surface area (Å²) in [5, 5.41) is 0.497. The monoisotopic (exact) mass is 275 g/mol. The van der Waals surface area contributed by atoms with Gasteiger partial charge in [0.05, 0.1) is 0 Å². The van der Waals surface area contributed by atoms with Crippen molar-refractivity contribution in [2.45, 2.75) is 25.9 Å². The second-order valence-electron chi connectivity index (χ2n) is 5.05. The van der Waals surface area contributed by atoms with Crippen LogP contribution in [0.2, 0.25) is 5.02 Å². The van der Waals surface area contributed by atoms with Crippen molar-refractivity contribution in [3.63, 3.8) is 0 Å². The van der Waals surface area contributed by atoms with Crippen molar-refractivity contribution in [3.8, 4) is 0 Å². The minimum atomic E-state index is -0.288. The summed E-state index contributed by atoms with van der Waals surface area (Å²) < 4.78 is 13.1. The van der Waals surface area contributed by atoms with Gasteiger partial charge in [0, 0.05) is 23.3 Å². The first-order valence-electron chi connectivity index (χ1n) is 6.43. The van der Waals surface area contributed by atoms with E-state index in [9.17, 15) is 4.39 Å². The molecule has 19 heavy (non-hydrogen) atoms. The molecule has 0 radical (unpaired) electrons. The van der Waals surface area contributed by atoms with Gasteiger partial charge in [-0.1, -0.05) is 35.9 Å². The molecule has 0 aliphatic carbocycles. The molecule has 1 heterocycles. The fourth-order valence-electron chi connectivity index (χ4n) is 2.70. The fourth-order valence-corrected chi connectivity index (χ4v) is 2.93. The van der Waals surface area contributed by atoms with Crippen LogP contribution in [-0.4, -0.2) is 6.04 Å². The number of hydrogen-bond donors (Lipinski definition) is 0. The molecule has 1 atom stereocenters. The van der Waals surface area contributed by atoms with Crippen molar-refractivity contribution in [2.75, 3.05) is 4.90 Å². The maximum atomic E-state index is 13.1. The zero-order valence-electron chi connectivity index (χ0n) is 10.7. The summed E-state index contributed by atoms with van der Waals surface area (Å²) in [5.41, 5.74) is 3.59. The Morgan fingerprint density at radius 2 is 2.05 bits per heavy atom. The van der Waals surface area contributed by atoms with Crippen LogP contribution in [0.4, 0.5) is 10.1 Å². The number of anilines is 1. The van der Waals surface area contributed by atoms with Crippen LogP contribution in [0.1, 0.15) is 18.1 Å².